The monoisotopic (exact) mass is 381 g/mol. The Morgan fingerprint density at radius 2 is 2.04 bits per heavy atom. The molecule has 27 heavy (non-hydrogen) atoms. The molecule has 0 bridgehead atoms. The molecule has 2 N–H and O–H groups in total. The van der Waals surface area contributed by atoms with Crippen molar-refractivity contribution >= 4 is 45.3 Å². The van der Waals surface area contributed by atoms with Gasteiger partial charge < -0.3 is 19.6 Å². The molecule has 4 aromatic rings. The summed E-state index contributed by atoms with van der Waals surface area (Å²) in [4.78, 5) is 12.4. The molecule has 6 nitrogen and oxygen atoms in total. The summed E-state index contributed by atoms with van der Waals surface area (Å²) in [7, 11) is 2.01. The minimum atomic E-state index is 0.469. The first kappa shape index (κ1) is 16.6. The summed E-state index contributed by atoms with van der Waals surface area (Å²) >= 11 is 6.05. The molecule has 0 aliphatic carbocycles. The van der Waals surface area contributed by atoms with Gasteiger partial charge in [-0.1, -0.05) is 17.7 Å². The molecule has 7 heteroatoms. The number of hydrogen-bond acceptors (Lipinski definition) is 4. The first-order valence-corrected chi connectivity index (χ1v) is 9.51. The van der Waals surface area contributed by atoms with E-state index >= 15 is 0 Å². The van der Waals surface area contributed by atoms with E-state index in [9.17, 15) is 0 Å². The Kier molecular flexibility index (Phi) is 4.02. The van der Waals surface area contributed by atoms with Crippen molar-refractivity contribution in [3.05, 3.63) is 47.2 Å². The van der Waals surface area contributed by atoms with Gasteiger partial charge in [-0.2, -0.15) is 0 Å². The Bertz CT molecular complexity index is 1130. The first-order valence-electron chi connectivity index (χ1n) is 9.14. The minimum absolute atomic E-state index is 0.469. The normalized spacial score (nSPS) is 15.6. The van der Waals surface area contributed by atoms with Crippen LogP contribution in [0.5, 0.6) is 0 Å². The highest BCUT2D eigenvalue weighted by Gasteiger charge is 2.18. The Balaban J connectivity index is 1.51. The standard InChI is InChI=1S/C20H20ClN5O/c1-26-17-4-2-13(12-6-8-27-9-7-12)10-15(17)23-20(26)24-16-11-22-14-3-5-18(21)25-19(14)16/h2-5,10-12,22H,6-9H2,1H3,(H,23,24). The summed E-state index contributed by atoms with van der Waals surface area (Å²) in [6.45, 7) is 1.68. The second-order valence-corrected chi connectivity index (χ2v) is 7.37. The molecule has 1 aromatic carbocycles. The summed E-state index contributed by atoms with van der Waals surface area (Å²) in [6, 6.07) is 10.3. The van der Waals surface area contributed by atoms with E-state index in [2.05, 4.69) is 38.1 Å². The molecule has 0 saturated carbocycles. The molecular weight excluding hydrogens is 362 g/mol. The lowest BCUT2D eigenvalue weighted by molar-refractivity contribution is 0.0853. The van der Waals surface area contributed by atoms with Gasteiger partial charge in [-0.25, -0.2) is 9.97 Å². The number of nitrogens with zero attached hydrogens (tertiary/aromatic N) is 3. The van der Waals surface area contributed by atoms with Crippen molar-refractivity contribution in [1.29, 1.82) is 0 Å². The molecule has 1 saturated heterocycles. The van der Waals surface area contributed by atoms with Gasteiger partial charge >= 0.3 is 0 Å². The van der Waals surface area contributed by atoms with Crippen LogP contribution < -0.4 is 5.32 Å². The van der Waals surface area contributed by atoms with E-state index in [4.69, 9.17) is 21.3 Å². The highest BCUT2D eigenvalue weighted by atomic mass is 35.5. The summed E-state index contributed by atoms with van der Waals surface area (Å²) in [5, 5.41) is 3.86. The molecule has 1 aliphatic rings. The zero-order chi connectivity index (χ0) is 18.4. The number of imidazole rings is 1. The van der Waals surface area contributed by atoms with E-state index in [-0.39, 0.29) is 0 Å². The number of fused-ring (bicyclic) bond motifs is 2. The van der Waals surface area contributed by atoms with E-state index in [1.165, 1.54) is 5.56 Å². The number of halogens is 1. The number of hydrogen-bond donors (Lipinski definition) is 2. The van der Waals surface area contributed by atoms with Crippen LogP contribution in [0, 0.1) is 0 Å². The predicted molar refractivity (Wildman–Crippen MR) is 108 cm³/mol. The third kappa shape index (κ3) is 2.95. The molecule has 0 atom stereocenters. The fourth-order valence-electron chi connectivity index (χ4n) is 3.80. The molecule has 0 spiro atoms. The van der Waals surface area contributed by atoms with Crippen LogP contribution in [-0.4, -0.2) is 32.7 Å². The maximum absolute atomic E-state index is 6.05. The highest BCUT2D eigenvalue weighted by Crippen LogP contribution is 2.31. The van der Waals surface area contributed by atoms with Crippen molar-refractivity contribution in [3.8, 4) is 0 Å². The molecule has 0 radical (unpaired) electrons. The van der Waals surface area contributed by atoms with E-state index in [0.29, 0.717) is 11.1 Å². The summed E-state index contributed by atoms with van der Waals surface area (Å²) in [6.07, 6.45) is 4.04. The van der Waals surface area contributed by atoms with Gasteiger partial charge in [0.05, 0.1) is 22.2 Å². The molecule has 5 rings (SSSR count). The van der Waals surface area contributed by atoms with E-state index in [1.807, 2.05) is 19.3 Å². The van der Waals surface area contributed by atoms with E-state index in [1.54, 1.807) is 6.07 Å². The third-order valence-corrected chi connectivity index (χ3v) is 5.54. The summed E-state index contributed by atoms with van der Waals surface area (Å²) < 4.78 is 7.55. The average molecular weight is 382 g/mol. The number of anilines is 2. The molecule has 0 unspecified atom stereocenters. The number of pyridine rings is 1. The van der Waals surface area contributed by atoms with Gasteiger partial charge in [-0.3, -0.25) is 0 Å². The number of aryl methyl sites for hydroxylation is 1. The van der Waals surface area contributed by atoms with Crippen LogP contribution in [0.2, 0.25) is 5.15 Å². The van der Waals surface area contributed by atoms with Gasteiger partial charge in [0.25, 0.3) is 0 Å². The number of benzene rings is 1. The fraction of sp³-hybridized carbons (Fsp3) is 0.300. The zero-order valence-corrected chi connectivity index (χ0v) is 15.8. The van der Waals surface area contributed by atoms with Crippen molar-refractivity contribution in [2.75, 3.05) is 18.5 Å². The lowest BCUT2D eigenvalue weighted by atomic mass is 9.91. The SMILES string of the molecule is Cn1c(Nc2c[nH]c3ccc(Cl)nc23)nc2cc(C3CCOCC3)ccc21. The molecule has 1 fully saturated rings. The topological polar surface area (TPSA) is 67.8 Å². The number of aromatic nitrogens is 4. The van der Waals surface area contributed by atoms with Crippen molar-refractivity contribution in [1.82, 2.24) is 19.5 Å². The van der Waals surface area contributed by atoms with Crippen LogP contribution >= 0.6 is 11.6 Å². The average Bonchev–Trinajstić information content (AvgIpc) is 3.23. The Hall–Kier alpha value is -2.57. The van der Waals surface area contributed by atoms with Gasteiger partial charge in [0.1, 0.15) is 10.7 Å². The van der Waals surface area contributed by atoms with Crippen LogP contribution in [0.3, 0.4) is 0 Å². The minimum Gasteiger partial charge on any atom is -0.381 e. The quantitative estimate of drug-likeness (QED) is 0.503. The van der Waals surface area contributed by atoms with Crippen LogP contribution in [0.25, 0.3) is 22.1 Å². The van der Waals surface area contributed by atoms with Crippen molar-refractivity contribution in [2.45, 2.75) is 18.8 Å². The molecule has 3 aromatic heterocycles. The lowest BCUT2D eigenvalue weighted by Crippen LogP contribution is -2.13. The highest BCUT2D eigenvalue weighted by molar-refractivity contribution is 6.29. The maximum Gasteiger partial charge on any atom is 0.208 e. The van der Waals surface area contributed by atoms with Gasteiger partial charge in [-0.05, 0) is 48.6 Å². The molecule has 1 aliphatic heterocycles. The van der Waals surface area contributed by atoms with Gasteiger partial charge in [0.2, 0.25) is 5.95 Å². The Labute approximate surface area is 161 Å². The molecule has 0 amide bonds. The number of H-pyrrole nitrogens is 1. The maximum atomic E-state index is 6.05. The van der Waals surface area contributed by atoms with Gasteiger partial charge in [0.15, 0.2) is 0 Å². The Morgan fingerprint density at radius 3 is 2.89 bits per heavy atom. The predicted octanol–water partition coefficient (Wildman–Crippen LogP) is 4.74. The van der Waals surface area contributed by atoms with Crippen LogP contribution in [0.4, 0.5) is 11.6 Å². The van der Waals surface area contributed by atoms with Crippen molar-refractivity contribution < 1.29 is 4.74 Å². The lowest BCUT2D eigenvalue weighted by Gasteiger charge is -2.22. The van der Waals surface area contributed by atoms with E-state index < -0.39 is 0 Å². The van der Waals surface area contributed by atoms with Crippen LogP contribution in [0.1, 0.15) is 24.3 Å². The number of aromatic amines is 1. The number of rotatable bonds is 3. The number of nitrogens with one attached hydrogen (secondary N) is 2. The van der Waals surface area contributed by atoms with Crippen molar-refractivity contribution in [3.63, 3.8) is 0 Å². The fourth-order valence-corrected chi connectivity index (χ4v) is 3.95. The smallest absolute Gasteiger partial charge is 0.208 e. The summed E-state index contributed by atoms with van der Waals surface area (Å²) in [5.74, 6) is 1.33. The molecule has 4 heterocycles. The Morgan fingerprint density at radius 1 is 1.19 bits per heavy atom. The first-order chi connectivity index (χ1) is 13.2. The summed E-state index contributed by atoms with van der Waals surface area (Å²) in [5.41, 5.74) is 6.03. The van der Waals surface area contributed by atoms with Crippen LogP contribution in [-0.2, 0) is 11.8 Å². The molecular formula is C20H20ClN5O. The number of ether oxygens (including phenoxy) is 1. The molecule has 138 valence electrons. The van der Waals surface area contributed by atoms with Crippen molar-refractivity contribution in [2.24, 2.45) is 7.05 Å². The largest absolute Gasteiger partial charge is 0.381 e. The van der Waals surface area contributed by atoms with Crippen LogP contribution in [0.15, 0.2) is 36.5 Å². The zero-order valence-electron chi connectivity index (χ0n) is 15.0. The van der Waals surface area contributed by atoms with E-state index in [0.717, 1.165) is 59.8 Å². The second-order valence-electron chi connectivity index (χ2n) is 6.99. The second kappa shape index (κ2) is 6.55. The third-order valence-electron chi connectivity index (χ3n) is 5.33. The van der Waals surface area contributed by atoms with Gasteiger partial charge in [-0.15, -0.1) is 0 Å². The van der Waals surface area contributed by atoms with Gasteiger partial charge in [0, 0.05) is 26.5 Å².